The number of aryl methyl sites for hydroxylation is 1. The molecule has 0 radical (unpaired) electrons. The molecular weight excluding hydrogens is 609 g/mol. The first-order chi connectivity index (χ1) is 22.7. The van der Waals surface area contributed by atoms with Crippen molar-refractivity contribution >= 4 is 34.8 Å². The maximum Gasteiger partial charge on any atom is 0.338 e. The number of esters is 1. The van der Waals surface area contributed by atoms with Crippen LogP contribution in [0.4, 0.5) is 5.69 Å². The van der Waals surface area contributed by atoms with Gasteiger partial charge in [0.2, 0.25) is 0 Å². The molecule has 5 aromatic rings. The van der Waals surface area contributed by atoms with Crippen LogP contribution in [0, 0.1) is 13.8 Å². The molecule has 0 amide bonds. The molecule has 0 spiro atoms. The van der Waals surface area contributed by atoms with Gasteiger partial charge in [-0.2, -0.15) is 0 Å². The first-order valence-corrected chi connectivity index (χ1v) is 16.5. The SMILES string of the molecule is CCOC(=O)C1=C(c2ccccc2)N=c2s/c(=C\c3cc(C)n(-c4ccc(N(C)C)cc4)c3C)c(=O)n2[C@@H]1c1ccc(OCC)cc1. The van der Waals surface area contributed by atoms with Crippen LogP contribution in [-0.2, 0) is 9.53 Å². The predicted molar refractivity (Wildman–Crippen MR) is 188 cm³/mol. The minimum Gasteiger partial charge on any atom is -0.494 e. The Morgan fingerprint density at radius 2 is 1.66 bits per heavy atom. The van der Waals surface area contributed by atoms with Crippen molar-refractivity contribution in [1.82, 2.24) is 9.13 Å². The average molecular weight is 647 g/mol. The van der Waals surface area contributed by atoms with Gasteiger partial charge in [-0.3, -0.25) is 9.36 Å². The highest BCUT2D eigenvalue weighted by Crippen LogP contribution is 2.36. The number of carbonyl (C=O) groups is 1. The molecular formula is C38H38N4O4S. The molecule has 9 heteroatoms. The third-order valence-corrected chi connectivity index (χ3v) is 9.24. The number of thiazole rings is 1. The van der Waals surface area contributed by atoms with Gasteiger partial charge in [0.25, 0.3) is 5.56 Å². The summed E-state index contributed by atoms with van der Waals surface area (Å²) >= 11 is 1.32. The largest absolute Gasteiger partial charge is 0.494 e. The Balaban J connectivity index is 1.55. The highest BCUT2D eigenvalue weighted by atomic mass is 32.1. The lowest BCUT2D eigenvalue weighted by Crippen LogP contribution is -2.40. The van der Waals surface area contributed by atoms with E-state index in [-0.39, 0.29) is 12.2 Å². The van der Waals surface area contributed by atoms with E-state index in [4.69, 9.17) is 14.5 Å². The average Bonchev–Trinajstić information content (AvgIpc) is 3.54. The van der Waals surface area contributed by atoms with Gasteiger partial charge in [-0.15, -0.1) is 0 Å². The molecule has 3 heterocycles. The van der Waals surface area contributed by atoms with Gasteiger partial charge in [0.15, 0.2) is 4.80 Å². The summed E-state index contributed by atoms with van der Waals surface area (Å²) in [6, 6.07) is 26.8. The van der Waals surface area contributed by atoms with Crippen molar-refractivity contribution in [1.29, 1.82) is 0 Å². The number of aromatic nitrogens is 2. The lowest BCUT2D eigenvalue weighted by Gasteiger charge is -2.26. The van der Waals surface area contributed by atoms with Gasteiger partial charge in [0.1, 0.15) is 5.75 Å². The Morgan fingerprint density at radius 1 is 0.957 bits per heavy atom. The number of hydrogen-bond acceptors (Lipinski definition) is 7. The van der Waals surface area contributed by atoms with E-state index in [9.17, 15) is 9.59 Å². The van der Waals surface area contributed by atoms with E-state index in [0.717, 1.165) is 39.5 Å². The number of hydrogen-bond donors (Lipinski definition) is 0. The molecule has 8 nitrogen and oxygen atoms in total. The third-order valence-electron chi connectivity index (χ3n) is 8.26. The molecule has 2 aromatic heterocycles. The topological polar surface area (TPSA) is 78.1 Å². The smallest absolute Gasteiger partial charge is 0.338 e. The van der Waals surface area contributed by atoms with Crippen LogP contribution in [0.25, 0.3) is 17.5 Å². The standard InChI is InChI=1S/C38H38N4O4S/c1-7-45-31-20-14-27(15-21-31)35-33(37(44)46-8-2)34(26-12-10-9-11-13-26)39-38-42(35)36(43)32(47-38)23-28-22-24(3)41(25(28)4)30-18-16-29(17-19-30)40(5)6/h9-23,35H,7-8H2,1-6H3/b32-23-/t35-/m1/s1. The summed E-state index contributed by atoms with van der Waals surface area (Å²) in [6.07, 6.45) is 1.93. The van der Waals surface area contributed by atoms with Crippen molar-refractivity contribution in [3.05, 3.63) is 138 Å². The predicted octanol–water partition coefficient (Wildman–Crippen LogP) is 5.81. The monoisotopic (exact) mass is 646 g/mol. The fourth-order valence-electron chi connectivity index (χ4n) is 6.04. The number of carbonyl (C=O) groups excluding carboxylic acids is 1. The summed E-state index contributed by atoms with van der Waals surface area (Å²) in [5.74, 6) is 0.201. The molecule has 0 aliphatic carbocycles. The summed E-state index contributed by atoms with van der Waals surface area (Å²) in [6.45, 7) is 8.55. The Morgan fingerprint density at radius 3 is 2.30 bits per heavy atom. The molecule has 3 aromatic carbocycles. The molecule has 47 heavy (non-hydrogen) atoms. The van der Waals surface area contributed by atoms with Crippen molar-refractivity contribution in [3.63, 3.8) is 0 Å². The van der Waals surface area contributed by atoms with E-state index in [1.165, 1.54) is 11.3 Å². The number of rotatable bonds is 9. The number of anilines is 1. The van der Waals surface area contributed by atoms with Crippen molar-refractivity contribution in [2.45, 2.75) is 33.7 Å². The Labute approximate surface area is 278 Å². The van der Waals surface area contributed by atoms with Gasteiger partial charge in [0, 0.05) is 42.4 Å². The molecule has 0 fully saturated rings. The lowest BCUT2D eigenvalue weighted by atomic mass is 9.93. The quantitative estimate of drug-likeness (QED) is 0.189. The molecule has 0 bridgehead atoms. The zero-order valence-electron chi connectivity index (χ0n) is 27.5. The van der Waals surface area contributed by atoms with Crippen LogP contribution in [0.3, 0.4) is 0 Å². The minimum absolute atomic E-state index is 0.193. The summed E-state index contributed by atoms with van der Waals surface area (Å²) < 4.78 is 15.6. The van der Waals surface area contributed by atoms with Gasteiger partial charge in [-0.25, -0.2) is 9.79 Å². The van der Waals surface area contributed by atoms with Crippen LogP contribution < -0.4 is 24.5 Å². The third kappa shape index (κ3) is 6.06. The van der Waals surface area contributed by atoms with Gasteiger partial charge < -0.3 is 18.9 Å². The fourth-order valence-corrected chi connectivity index (χ4v) is 7.03. The highest BCUT2D eigenvalue weighted by Gasteiger charge is 2.35. The Hall–Kier alpha value is -5.15. The van der Waals surface area contributed by atoms with Crippen molar-refractivity contribution in [2.75, 3.05) is 32.2 Å². The second-order valence-corrected chi connectivity index (χ2v) is 12.5. The zero-order chi connectivity index (χ0) is 33.2. The van der Waals surface area contributed by atoms with Crippen LogP contribution >= 0.6 is 11.3 Å². The molecule has 1 aliphatic rings. The zero-order valence-corrected chi connectivity index (χ0v) is 28.3. The molecule has 0 N–H and O–H groups in total. The number of fused-ring (bicyclic) bond motifs is 1. The minimum atomic E-state index is -0.749. The normalized spacial score (nSPS) is 14.5. The second-order valence-electron chi connectivity index (χ2n) is 11.5. The van der Waals surface area contributed by atoms with Gasteiger partial charge in [0.05, 0.1) is 35.1 Å². The Bertz CT molecular complexity index is 2140. The van der Waals surface area contributed by atoms with Crippen LogP contribution in [0.1, 0.15) is 48.0 Å². The van der Waals surface area contributed by atoms with E-state index in [0.29, 0.717) is 33.0 Å². The van der Waals surface area contributed by atoms with Gasteiger partial charge >= 0.3 is 5.97 Å². The number of ether oxygens (including phenoxy) is 2. The molecule has 1 aliphatic heterocycles. The molecule has 6 rings (SSSR count). The van der Waals surface area contributed by atoms with Crippen molar-refractivity contribution < 1.29 is 14.3 Å². The fraction of sp³-hybridized carbons (Fsp3) is 0.237. The molecule has 0 saturated carbocycles. The molecule has 240 valence electrons. The van der Waals surface area contributed by atoms with E-state index in [1.807, 2.05) is 81.7 Å². The second kappa shape index (κ2) is 13.3. The van der Waals surface area contributed by atoms with Crippen LogP contribution in [0.5, 0.6) is 5.75 Å². The van der Waals surface area contributed by atoms with E-state index < -0.39 is 12.0 Å². The van der Waals surface area contributed by atoms with E-state index in [2.05, 4.69) is 53.6 Å². The molecule has 0 unspecified atom stereocenters. The molecule has 1 atom stereocenters. The van der Waals surface area contributed by atoms with Crippen LogP contribution in [-0.4, -0.2) is 42.4 Å². The summed E-state index contributed by atoms with van der Waals surface area (Å²) in [4.78, 5) is 35.7. The lowest BCUT2D eigenvalue weighted by molar-refractivity contribution is -0.138. The van der Waals surface area contributed by atoms with Gasteiger partial charge in [-0.05, 0) is 87.4 Å². The van der Waals surface area contributed by atoms with Crippen molar-refractivity contribution in [3.8, 4) is 11.4 Å². The summed E-state index contributed by atoms with van der Waals surface area (Å²) in [7, 11) is 4.04. The maximum absolute atomic E-state index is 14.4. The highest BCUT2D eigenvalue weighted by molar-refractivity contribution is 7.07. The Kier molecular flexibility index (Phi) is 9.00. The number of nitrogens with zero attached hydrogens (tertiary/aromatic N) is 4. The van der Waals surface area contributed by atoms with Gasteiger partial charge in [-0.1, -0.05) is 53.8 Å². The van der Waals surface area contributed by atoms with Crippen LogP contribution in [0.15, 0.2) is 100 Å². The first kappa shape index (κ1) is 31.8. The summed E-state index contributed by atoms with van der Waals surface area (Å²) in [5, 5.41) is 0. The van der Waals surface area contributed by atoms with E-state index in [1.54, 1.807) is 11.5 Å². The molecule has 0 saturated heterocycles. The van der Waals surface area contributed by atoms with Crippen molar-refractivity contribution in [2.24, 2.45) is 4.99 Å². The van der Waals surface area contributed by atoms with E-state index >= 15 is 0 Å². The first-order valence-electron chi connectivity index (χ1n) is 15.7. The maximum atomic E-state index is 14.4. The number of benzene rings is 3. The summed E-state index contributed by atoms with van der Waals surface area (Å²) in [5.41, 5.74) is 7.31. The van der Waals surface area contributed by atoms with Crippen LogP contribution in [0.2, 0.25) is 0 Å².